The normalized spacial score (nSPS) is 16.9. The summed E-state index contributed by atoms with van der Waals surface area (Å²) < 4.78 is 5.31. The number of rotatable bonds is 5. The topological polar surface area (TPSA) is 12.5 Å². The number of hydrogen-bond acceptors (Lipinski definition) is 2. The average molecular weight is 307 g/mol. The number of nitrogens with zero attached hydrogens (tertiary/aromatic N) is 1. The lowest BCUT2D eigenvalue weighted by Gasteiger charge is -2.29. The highest BCUT2D eigenvalue weighted by atomic mass is 16.5. The molecule has 0 radical (unpaired) electrons. The highest BCUT2D eigenvalue weighted by Crippen LogP contribution is 2.39. The monoisotopic (exact) mass is 307 g/mol. The van der Waals surface area contributed by atoms with Crippen molar-refractivity contribution in [1.82, 2.24) is 4.90 Å². The number of allylic oxidation sites excluding steroid dienone is 1. The number of methoxy groups -OCH3 is 1. The Balaban J connectivity index is 1.98. The van der Waals surface area contributed by atoms with E-state index >= 15 is 0 Å². The first-order valence-corrected chi connectivity index (χ1v) is 8.24. The van der Waals surface area contributed by atoms with Crippen LogP contribution < -0.4 is 4.74 Å². The zero-order valence-electron chi connectivity index (χ0n) is 14.3. The Morgan fingerprint density at radius 2 is 1.78 bits per heavy atom. The van der Waals surface area contributed by atoms with E-state index in [-0.39, 0.29) is 0 Å². The molecule has 0 aromatic heterocycles. The summed E-state index contributed by atoms with van der Waals surface area (Å²) in [6.07, 6.45) is 4.59. The second-order valence-corrected chi connectivity index (χ2v) is 6.44. The van der Waals surface area contributed by atoms with Gasteiger partial charge in [0.2, 0.25) is 0 Å². The third kappa shape index (κ3) is 3.48. The second-order valence-electron chi connectivity index (χ2n) is 6.44. The molecule has 0 heterocycles. The van der Waals surface area contributed by atoms with E-state index in [1.165, 1.54) is 22.3 Å². The first kappa shape index (κ1) is 15.8. The van der Waals surface area contributed by atoms with Gasteiger partial charge in [-0.2, -0.15) is 0 Å². The van der Waals surface area contributed by atoms with E-state index in [0.717, 1.165) is 25.1 Å². The molecule has 1 unspecified atom stereocenters. The van der Waals surface area contributed by atoms with Gasteiger partial charge in [0.05, 0.1) is 7.11 Å². The van der Waals surface area contributed by atoms with E-state index in [4.69, 9.17) is 4.74 Å². The van der Waals surface area contributed by atoms with Crippen LogP contribution in [0.5, 0.6) is 5.75 Å². The van der Waals surface area contributed by atoms with Gasteiger partial charge in [0, 0.05) is 12.5 Å². The van der Waals surface area contributed by atoms with E-state index in [9.17, 15) is 0 Å². The highest BCUT2D eigenvalue weighted by molar-refractivity contribution is 5.49. The Morgan fingerprint density at radius 3 is 2.48 bits per heavy atom. The number of benzene rings is 2. The summed E-state index contributed by atoms with van der Waals surface area (Å²) in [6.45, 7) is 1.08. The fourth-order valence-electron chi connectivity index (χ4n) is 3.35. The van der Waals surface area contributed by atoms with Crippen molar-refractivity contribution in [3.8, 4) is 5.75 Å². The second kappa shape index (κ2) is 7.01. The molecule has 2 aromatic rings. The molecule has 0 spiro atoms. The first-order valence-electron chi connectivity index (χ1n) is 8.24. The summed E-state index contributed by atoms with van der Waals surface area (Å²) in [5.41, 5.74) is 5.78. The lowest BCUT2D eigenvalue weighted by atomic mass is 9.77. The van der Waals surface area contributed by atoms with E-state index in [1.807, 2.05) is 0 Å². The van der Waals surface area contributed by atoms with Crippen LogP contribution in [0.15, 0.2) is 60.2 Å². The van der Waals surface area contributed by atoms with Crippen LogP contribution in [-0.4, -0.2) is 32.6 Å². The fourth-order valence-corrected chi connectivity index (χ4v) is 3.35. The van der Waals surface area contributed by atoms with Crippen LogP contribution in [-0.2, 0) is 6.42 Å². The molecule has 1 aliphatic rings. The van der Waals surface area contributed by atoms with Gasteiger partial charge in [-0.15, -0.1) is 0 Å². The van der Waals surface area contributed by atoms with Crippen molar-refractivity contribution in [2.75, 3.05) is 27.7 Å². The predicted molar refractivity (Wildman–Crippen MR) is 96.2 cm³/mol. The van der Waals surface area contributed by atoms with Crippen LogP contribution in [0, 0.1) is 0 Å². The van der Waals surface area contributed by atoms with Crippen molar-refractivity contribution >= 4 is 0 Å². The van der Waals surface area contributed by atoms with Crippen LogP contribution in [0.4, 0.5) is 0 Å². The molecular weight excluding hydrogens is 282 g/mol. The molecule has 0 saturated heterocycles. The number of fused-ring (bicyclic) bond motifs is 1. The molecule has 0 fully saturated rings. The quantitative estimate of drug-likeness (QED) is 0.765. The zero-order chi connectivity index (χ0) is 16.2. The van der Waals surface area contributed by atoms with Gasteiger partial charge in [-0.1, -0.05) is 48.0 Å². The molecular formula is C21H25NO. The van der Waals surface area contributed by atoms with Crippen molar-refractivity contribution in [2.24, 2.45) is 0 Å². The molecule has 0 bridgehead atoms. The Labute approximate surface area is 139 Å². The molecule has 2 heteroatoms. The molecule has 120 valence electrons. The van der Waals surface area contributed by atoms with E-state index in [0.29, 0.717) is 5.92 Å². The first-order chi connectivity index (χ1) is 11.2. The average Bonchev–Trinajstić information content (AvgIpc) is 2.59. The van der Waals surface area contributed by atoms with Gasteiger partial charge in [-0.05, 0) is 55.8 Å². The minimum atomic E-state index is 0.366. The summed E-state index contributed by atoms with van der Waals surface area (Å²) in [6, 6.07) is 17.4. The van der Waals surface area contributed by atoms with Crippen LogP contribution in [0.1, 0.15) is 29.0 Å². The Morgan fingerprint density at radius 1 is 1.04 bits per heavy atom. The standard InChI is InChI=1S/C21H25NO/c1-22(2)15-14-18-9-8-16-6-4-5-7-20(16)21(18)17-10-12-19(23-3)13-11-17/h4-7,9-13,21H,8,14-15H2,1-3H3. The molecule has 1 atom stereocenters. The molecule has 2 nitrogen and oxygen atoms in total. The molecule has 2 aromatic carbocycles. The smallest absolute Gasteiger partial charge is 0.118 e. The van der Waals surface area contributed by atoms with Crippen LogP contribution >= 0.6 is 0 Å². The molecule has 3 rings (SSSR count). The van der Waals surface area contributed by atoms with Gasteiger partial charge in [0.1, 0.15) is 5.75 Å². The predicted octanol–water partition coefficient (Wildman–Crippen LogP) is 4.26. The van der Waals surface area contributed by atoms with E-state index in [1.54, 1.807) is 7.11 Å². The molecule has 0 saturated carbocycles. The third-order valence-electron chi connectivity index (χ3n) is 4.62. The van der Waals surface area contributed by atoms with Crippen molar-refractivity contribution < 1.29 is 4.74 Å². The molecule has 1 aliphatic carbocycles. The molecule has 0 aliphatic heterocycles. The maximum absolute atomic E-state index is 5.31. The molecule has 23 heavy (non-hydrogen) atoms. The largest absolute Gasteiger partial charge is 0.497 e. The van der Waals surface area contributed by atoms with Gasteiger partial charge in [-0.25, -0.2) is 0 Å². The lowest BCUT2D eigenvalue weighted by Crippen LogP contribution is -2.18. The lowest BCUT2D eigenvalue weighted by molar-refractivity contribution is 0.409. The van der Waals surface area contributed by atoms with Gasteiger partial charge < -0.3 is 9.64 Å². The van der Waals surface area contributed by atoms with Crippen molar-refractivity contribution in [2.45, 2.75) is 18.8 Å². The van der Waals surface area contributed by atoms with Gasteiger partial charge >= 0.3 is 0 Å². The number of ether oxygens (including phenoxy) is 1. The minimum absolute atomic E-state index is 0.366. The summed E-state index contributed by atoms with van der Waals surface area (Å²) in [5.74, 6) is 1.28. The Hall–Kier alpha value is -2.06. The van der Waals surface area contributed by atoms with Crippen LogP contribution in [0.3, 0.4) is 0 Å². The van der Waals surface area contributed by atoms with Crippen molar-refractivity contribution in [1.29, 1.82) is 0 Å². The summed E-state index contributed by atoms with van der Waals surface area (Å²) >= 11 is 0. The molecule has 0 amide bonds. The minimum Gasteiger partial charge on any atom is -0.497 e. The van der Waals surface area contributed by atoms with Gasteiger partial charge in [0.25, 0.3) is 0 Å². The SMILES string of the molecule is COc1ccc(C2C(CCN(C)C)=CCc3ccccc32)cc1. The number of hydrogen-bond donors (Lipinski definition) is 0. The Kier molecular flexibility index (Phi) is 4.82. The molecule has 0 N–H and O–H groups in total. The highest BCUT2D eigenvalue weighted by Gasteiger charge is 2.24. The van der Waals surface area contributed by atoms with E-state index in [2.05, 4.69) is 73.6 Å². The van der Waals surface area contributed by atoms with Crippen molar-refractivity contribution in [3.63, 3.8) is 0 Å². The maximum Gasteiger partial charge on any atom is 0.118 e. The van der Waals surface area contributed by atoms with Crippen LogP contribution in [0.2, 0.25) is 0 Å². The summed E-state index contributed by atoms with van der Waals surface area (Å²) in [5, 5.41) is 0. The maximum atomic E-state index is 5.31. The third-order valence-corrected chi connectivity index (χ3v) is 4.62. The fraction of sp³-hybridized carbons (Fsp3) is 0.333. The van der Waals surface area contributed by atoms with Crippen LogP contribution in [0.25, 0.3) is 0 Å². The van der Waals surface area contributed by atoms with Gasteiger partial charge in [0.15, 0.2) is 0 Å². The Bertz CT molecular complexity index is 685. The summed E-state index contributed by atoms with van der Waals surface area (Å²) in [4.78, 5) is 2.26. The van der Waals surface area contributed by atoms with Crippen molar-refractivity contribution in [3.05, 3.63) is 76.9 Å². The van der Waals surface area contributed by atoms with Gasteiger partial charge in [-0.3, -0.25) is 0 Å². The van der Waals surface area contributed by atoms with E-state index < -0.39 is 0 Å². The summed E-state index contributed by atoms with van der Waals surface area (Å²) in [7, 11) is 5.99. The zero-order valence-corrected chi connectivity index (χ0v) is 14.3.